The second kappa shape index (κ2) is 5.37. The molecule has 6 heteroatoms. The van der Waals surface area contributed by atoms with Crippen LogP contribution in [-0.4, -0.2) is 30.8 Å². The number of carbonyl (C=O) groups excluding carboxylic acids is 1. The molecule has 0 saturated carbocycles. The van der Waals surface area contributed by atoms with Gasteiger partial charge >= 0.3 is 0 Å². The third-order valence-corrected chi connectivity index (χ3v) is 4.61. The summed E-state index contributed by atoms with van der Waals surface area (Å²) in [5.74, 6) is 0.109. The molecule has 0 amide bonds. The lowest BCUT2D eigenvalue weighted by Crippen LogP contribution is -2.15. The van der Waals surface area contributed by atoms with Crippen molar-refractivity contribution in [2.24, 2.45) is 7.05 Å². The van der Waals surface area contributed by atoms with E-state index in [1.165, 1.54) is 11.8 Å². The predicted molar refractivity (Wildman–Crippen MR) is 83.7 cm³/mol. The molecule has 1 atom stereocenters. The number of hydrogen-bond donors (Lipinski definition) is 1. The number of aromatic amines is 1. The highest BCUT2D eigenvalue weighted by Gasteiger charge is 2.23. The molecule has 2 aromatic heterocycles. The van der Waals surface area contributed by atoms with Crippen molar-refractivity contribution in [3.05, 3.63) is 41.9 Å². The Morgan fingerprint density at radius 1 is 1.38 bits per heavy atom. The van der Waals surface area contributed by atoms with Crippen molar-refractivity contribution in [2.75, 3.05) is 0 Å². The Balaban J connectivity index is 1.93. The van der Waals surface area contributed by atoms with Crippen LogP contribution in [0.1, 0.15) is 23.0 Å². The number of aromatic nitrogens is 4. The summed E-state index contributed by atoms with van der Waals surface area (Å²) in [6.07, 6.45) is 1.64. The van der Waals surface area contributed by atoms with Crippen molar-refractivity contribution in [3.8, 4) is 0 Å². The van der Waals surface area contributed by atoms with Gasteiger partial charge in [0.1, 0.15) is 6.33 Å². The molecule has 0 aliphatic heterocycles. The number of ketones is 1. The van der Waals surface area contributed by atoms with Gasteiger partial charge in [0.15, 0.2) is 10.9 Å². The molecule has 1 unspecified atom stereocenters. The van der Waals surface area contributed by atoms with E-state index in [2.05, 4.69) is 15.2 Å². The van der Waals surface area contributed by atoms with Crippen LogP contribution in [0, 0.1) is 6.92 Å². The summed E-state index contributed by atoms with van der Waals surface area (Å²) in [4.78, 5) is 16.0. The molecule has 0 fully saturated rings. The van der Waals surface area contributed by atoms with Gasteiger partial charge in [0.25, 0.3) is 0 Å². The highest BCUT2D eigenvalue weighted by Crippen LogP contribution is 2.28. The summed E-state index contributed by atoms with van der Waals surface area (Å²) in [6, 6.07) is 7.88. The number of nitrogens with one attached hydrogen (secondary N) is 1. The summed E-state index contributed by atoms with van der Waals surface area (Å²) < 4.78 is 1.82. The zero-order chi connectivity index (χ0) is 15.0. The van der Waals surface area contributed by atoms with Crippen molar-refractivity contribution in [1.82, 2.24) is 19.7 Å². The Hall–Kier alpha value is -2.08. The van der Waals surface area contributed by atoms with E-state index in [1.807, 2.05) is 49.7 Å². The molecule has 0 bridgehead atoms. The van der Waals surface area contributed by atoms with Crippen LogP contribution in [0.4, 0.5) is 0 Å². The smallest absolute Gasteiger partial charge is 0.191 e. The SMILES string of the molecule is Cc1[nH]c2ccccc2c1C(=O)C(C)Sc1nncn1C. The van der Waals surface area contributed by atoms with Gasteiger partial charge in [-0.15, -0.1) is 10.2 Å². The Kier molecular flexibility index (Phi) is 3.55. The second-order valence-electron chi connectivity index (χ2n) is 5.02. The second-order valence-corrected chi connectivity index (χ2v) is 6.33. The standard InChI is InChI=1S/C15H16N4OS/c1-9-13(11-6-4-5-7-12(11)17-9)14(20)10(2)21-15-18-16-8-19(15)3/h4-8,10,17H,1-3H3. The molecule has 0 saturated heterocycles. The van der Waals surface area contributed by atoms with Gasteiger partial charge < -0.3 is 9.55 Å². The van der Waals surface area contributed by atoms with E-state index in [0.29, 0.717) is 0 Å². The van der Waals surface area contributed by atoms with Gasteiger partial charge in [-0.25, -0.2) is 0 Å². The normalized spacial score (nSPS) is 12.7. The third-order valence-electron chi connectivity index (χ3n) is 3.46. The minimum Gasteiger partial charge on any atom is -0.358 e. The molecule has 0 radical (unpaired) electrons. The lowest BCUT2D eigenvalue weighted by molar-refractivity contribution is 0.0995. The van der Waals surface area contributed by atoms with Crippen LogP contribution >= 0.6 is 11.8 Å². The average molecular weight is 300 g/mol. The lowest BCUT2D eigenvalue weighted by atomic mass is 10.1. The van der Waals surface area contributed by atoms with Crippen LogP contribution in [-0.2, 0) is 7.05 Å². The molecular weight excluding hydrogens is 284 g/mol. The van der Waals surface area contributed by atoms with E-state index < -0.39 is 0 Å². The van der Waals surface area contributed by atoms with Gasteiger partial charge in [-0.2, -0.15) is 0 Å². The zero-order valence-electron chi connectivity index (χ0n) is 12.1. The number of aryl methyl sites for hydroxylation is 2. The quantitative estimate of drug-likeness (QED) is 0.594. The van der Waals surface area contributed by atoms with E-state index in [-0.39, 0.29) is 11.0 Å². The van der Waals surface area contributed by atoms with Gasteiger partial charge in [-0.3, -0.25) is 4.79 Å². The first kappa shape index (κ1) is 13.9. The molecule has 108 valence electrons. The fourth-order valence-electron chi connectivity index (χ4n) is 2.39. The first-order valence-corrected chi connectivity index (χ1v) is 7.58. The Morgan fingerprint density at radius 3 is 2.86 bits per heavy atom. The van der Waals surface area contributed by atoms with Gasteiger partial charge in [-0.05, 0) is 19.9 Å². The third kappa shape index (κ3) is 2.47. The Labute approximate surface area is 126 Å². The van der Waals surface area contributed by atoms with Crippen LogP contribution in [0.15, 0.2) is 35.7 Å². The predicted octanol–water partition coefficient (Wildman–Crippen LogP) is 2.97. The van der Waals surface area contributed by atoms with Crippen molar-refractivity contribution in [3.63, 3.8) is 0 Å². The molecule has 3 aromatic rings. The number of para-hydroxylation sites is 1. The van der Waals surface area contributed by atoms with E-state index in [1.54, 1.807) is 6.33 Å². The topological polar surface area (TPSA) is 63.6 Å². The highest BCUT2D eigenvalue weighted by molar-refractivity contribution is 8.00. The van der Waals surface area contributed by atoms with Crippen LogP contribution in [0.5, 0.6) is 0 Å². The number of nitrogens with zero attached hydrogens (tertiary/aromatic N) is 3. The molecule has 3 rings (SSSR count). The van der Waals surface area contributed by atoms with Gasteiger partial charge in [0.2, 0.25) is 0 Å². The molecular formula is C15H16N4OS. The minimum absolute atomic E-state index is 0.109. The number of hydrogen-bond acceptors (Lipinski definition) is 4. The number of thioether (sulfide) groups is 1. The maximum atomic E-state index is 12.8. The summed E-state index contributed by atoms with van der Waals surface area (Å²) in [5.41, 5.74) is 2.67. The maximum Gasteiger partial charge on any atom is 0.191 e. The van der Waals surface area contributed by atoms with Crippen LogP contribution in [0.2, 0.25) is 0 Å². The average Bonchev–Trinajstić information content (AvgIpc) is 3.01. The number of H-pyrrole nitrogens is 1. The van der Waals surface area contributed by atoms with Gasteiger partial charge in [0.05, 0.1) is 5.25 Å². The number of rotatable bonds is 4. The molecule has 1 N–H and O–H groups in total. The molecule has 0 aliphatic carbocycles. The number of fused-ring (bicyclic) bond motifs is 1. The summed E-state index contributed by atoms with van der Waals surface area (Å²) in [7, 11) is 1.87. The van der Waals surface area contributed by atoms with Crippen LogP contribution in [0.25, 0.3) is 10.9 Å². The molecule has 0 aliphatic rings. The fraction of sp³-hybridized carbons (Fsp3) is 0.267. The largest absolute Gasteiger partial charge is 0.358 e. The Bertz CT molecular complexity index is 805. The fourth-order valence-corrected chi connectivity index (χ4v) is 3.24. The molecule has 0 spiro atoms. The summed E-state index contributed by atoms with van der Waals surface area (Å²) in [6.45, 7) is 3.84. The van der Waals surface area contributed by atoms with Crippen molar-refractivity contribution < 1.29 is 4.79 Å². The van der Waals surface area contributed by atoms with Gasteiger partial charge in [-0.1, -0.05) is 30.0 Å². The van der Waals surface area contributed by atoms with Crippen LogP contribution < -0.4 is 0 Å². The first-order valence-electron chi connectivity index (χ1n) is 6.70. The number of benzene rings is 1. The first-order chi connectivity index (χ1) is 10.1. The number of carbonyl (C=O) groups is 1. The summed E-state index contributed by atoms with van der Waals surface area (Å²) in [5, 5.41) is 9.36. The maximum absolute atomic E-state index is 12.8. The number of Topliss-reactive ketones (excluding diaryl/α,β-unsaturated/α-hetero) is 1. The molecule has 1 aromatic carbocycles. The van der Waals surface area contributed by atoms with Crippen molar-refractivity contribution >= 4 is 28.4 Å². The molecule has 21 heavy (non-hydrogen) atoms. The van der Waals surface area contributed by atoms with E-state index in [0.717, 1.165) is 27.3 Å². The summed E-state index contributed by atoms with van der Waals surface area (Å²) >= 11 is 1.43. The van der Waals surface area contributed by atoms with Crippen molar-refractivity contribution in [1.29, 1.82) is 0 Å². The minimum atomic E-state index is -0.217. The van der Waals surface area contributed by atoms with E-state index >= 15 is 0 Å². The molecule has 5 nitrogen and oxygen atoms in total. The van der Waals surface area contributed by atoms with E-state index in [4.69, 9.17) is 0 Å². The zero-order valence-corrected chi connectivity index (χ0v) is 12.9. The van der Waals surface area contributed by atoms with Gasteiger partial charge in [0, 0.05) is 29.2 Å². The molecule has 2 heterocycles. The van der Waals surface area contributed by atoms with Crippen molar-refractivity contribution in [2.45, 2.75) is 24.3 Å². The monoisotopic (exact) mass is 300 g/mol. The van der Waals surface area contributed by atoms with Crippen LogP contribution in [0.3, 0.4) is 0 Å². The Morgan fingerprint density at radius 2 is 2.14 bits per heavy atom. The lowest BCUT2D eigenvalue weighted by Gasteiger charge is -2.09. The highest BCUT2D eigenvalue weighted by atomic mass is 32.2. The van der Waals surface area contributed by atoms with E-state index in [9.17, 15) is 4.79 Å².